The first-order valence-electron chi connectivity index (χ1n) is 7.38. The van der Waals surface area contributed by atoms with Gasteiger partial charge in [-0.2, -0.15) is 0 Å². The Morgan fingerprint density at radius 3 is 2.79 bits per heavy atom. The highest BCUT2D eigenvalue weighted by atomic mass is 35.5. The predicted molar refractivity (Wildman–Crippen MR) is 89.1 cm³/mol. The summed E-state index contributed by atoms with van der Waals surface area (Å²) in [6.07, 6.45) is 2.01. The Kier molecular flexibility index (Phi) is 5.85. The van der Waals surface area contributed by atoms with Crippen LogP contribution in [0.15, 0.2) is 18.2 Å². The zero-order valence-electron chi connectivity index (χ0n) is 13.5. The van der Waals surface area contributed by atoms with Crippen LogP contribution in [-0.4, -0.2) is 57.8 Å². The molecule has 1 aliphatic rings. The smallest absolute Gasteiger partial charge is 0.253 e. The summed E-state index contributed by atoms with van der Waals surface area (Å²) in [4.78, 5) is 14.1. The van der Waals surface area contributed by atoms with E-state index in [1.54, 1.807) is 0 Å². The minimum Gasteiger partial charge on any atom is -0.385 e. The lowest BCUT2D eigenvalue weighted by molar-refractivity contribution is 0.0775. The van der Waals surface area contributed by atoms with Gasteiger partial charge < -0.3 is 9.64 Å². The van der Waals surface area contributed by atoms with Gasteiger partial charge in [-0.25, -0.2) is 17.5 Å². The molecule has 1 fully saturated rings. The summed E-state index contributed by atoms with van der Waals surface area (Å²) in [5.41, 5.74) is -0.494. The molecule has 1 heterocycles. The zero-order chi connectivity index (χ0) is 18.0. The van der Waals surface area contributed by atoms with Crippen molar-refractivity contribution >= 4 is 27.5 Å². The van der Waals surface area contributed by atoms with Crippen molar-refractivity contribution in [1.29, 1.82) is 0 Å². The summed E-state index contributed by atoms with van der Waals surface area (Å²) in [5, 5.41) is -0.125. The first-order valence-corrected chi connectivity index (χ1v) is 9.65. The van der Waals surface area contributed by atoms with Crippen LogP contribution in [0.5, 0.6) is 0 Å². The largest absolute Gasteiger partial charge is 0.385 e. The van der Waals surface area contributed by atoms with E-state index in [1.807, 2.05) is 0 Å². The zero-order valence-corrected chi connectivity index (χ0v) is 15.1. The molecule has 6 nitrogen and oxygen atoms in total. The monoisotopic (exact) mass is 378 g/mol. The average molecular weight is 379 g/mol. The van der Waals surface area contributed by atoms with Gasteiger partial charge in [0.1, 0.15) is 5.82 Å². The van der Waals surface area contributed by atoms with Crippen LogP contribution in [0, 0.1) is 5.82 Å². The number of carbonyl (C=O) groups is 1. The lowest BCUT2D eigenvalue weighted by Gasteiger charge is -2.29. The second-order valence-corrected chi connectivity index (χ2v) is 8.16. The number of ether oxygens (including phenoxy) is 1. The number of likely N-dealkylation sites (tertiary alicyclic amines) is 1. The van der Waals surface area contributed by atoms with Crippen LogP contribution in [0.2, 0.25) is 5.02 Å². The number of rotatable bonds is 6. The molecule has 24 heavy (non-hydrogen) atoms. The quantitative estimate of drug-likeness (QED) is 0.816. The Bertz CT molecular complexity index is 728. The van der Waals surface area contributed by atoms with E-state index in [4.69, 9.17) is 16.3 Å². The van der Waals surface area contributed by atoms with Crippen LogP contribution in [0.1, 0.15) is 23.2 Å². The molecule has 134 valence electrons. The summed E-state index contributed by atoms with van der Waals surface area (Å²) >= 11 is 5.72. The second kappa shape index (κ2) is 7.35. The van der Waals surface area contributed by atoms with Crippen LogP contribution in [0.3, 0.4) is 0 Å². The average Bonchev–Trinajstić information content (AvgIpc) is 2.89. The van der Waals surface area contributed by atoms with E-state index >= 15 is 0 Å². The summed E-state index contributed by atoms with van der Waals surface area (Å²) in [7, 11) is -1.90. The summed E-state index contributed by atoms with van der Waals surface area (Å²) in [5.74, 6) is -0.908. The predicted octanol–water partition coefficient (Wildman–Crippen LogP) is 1.65. The van der Waals surface area contributed by atoms with Gasteiger partial charge >= 0.3 is 0 Å². The normalized spacial score (nSPS) is 21.2. The SMILES string of the molecule is COCCC1(NS(C)(=O)=O)CCN(C(=O)c2ccc(F)c(Cl)c2)C1. The summed E-state index contributed by atoms with van der Waals surface area (Å²) in [6, 6.07) is 3.78. The molecule has 0 spiro atoms. The van der Waals surface area contributed by atoms with Gasteiger partial charge in [0.2, 0.25) is 10.0 Å². The van der Waals surface area contributed by atoms with Gasteiger partial charge in [-0.3, -0.25) is 4.79 Å². The molecule has 1 aromatic carbocycles. The number of halogens is 2. The molecule has 2 rings (SSSR count). The topological polar surface area (TPSA) is 75.7 Å². The number of carbonyl (C=O) groups excluding carboxylic acids is 1. The fourth-order valence-corrected chi connectivity index (χ4v) is 4.12. The summed E-state index contributed by atoms with van der Waals surface area (Å²) in [6.45, 7) is 0.976. The minimum absolute atomic E-state index is 0.125. The van der Waals surface area contributed by atoms with Gasteiger partial charge in [-0.05, 0) is 31.0 Å². The van der Waals surface area contributed by atoms with Gasteiger partial charge in [-0.1, -0.05) is 11.6 Å². The Morgan fingerprint density at radius 1 is 1.50 bits per heavy atom. The maximum absolute atomic E-state index is 13.2. The molecule has 1 atom stereocenters. The molecule has 1 amide bonds. The lowest BCUT2D eigenvalue weighted by Crippen LogP contribution is -2.51. The van der Waals surface area contributed by atoms with E-state index in [2.05, 4.69) is 4.72 Å². The van der Waals surface area contributed by atoms with Gasteiger partial charge in [0.15, 0.2) is 0 Å². The van der Waals surface area contributed by atoms with Crippen molar-refractivity contribution in [3.63, 3.8) is 0 Å². The van der Waals surface area contributed by atoms with Crippen LogP contribution < -0.4 is 4.72 Å². The van der Waals surface area contributed by atoms with Gasteiger partial charge in [0.05, 0.1) is 16.8 Å². The van der Waals surface area contributed by atoms with Crippen LogP contribution >= 0.6 is 11.6 Å². The van der Waals surface area contributed by atoms with Crippen molar-refractivity contribution in [2.75, 3.05) is 33.1 Å². The molecule has 1 saturated heterocycles. The molecule has 1 aromatic rings. The van der Waals surface area contributed by atoms with Gasteiger partial charge in [0.25, 0.3) is 5.91 Å². The van der Waals surface area contributed by atoms with E-state index in [9.17, 15) is 17.6 Å². The van der Waals surface area contributed by atoms with Crippen molar-refractivity contribution in [1.82, 2.24) is 9.62 Å². The third kappa shape index (κ3) is 4.66. The number of sulfonamides is 1. The number of hydrogen-bond acceptors (Lipinski definition) is 4. The van der Waals surface area contributed by atoms with Crippen molar-refractivity contribution in [2.24, 2.45) is 0 Å². The number of amides is 1. The van der Waals surface area contributed by atoms with Crippen LogP contribution in [0.4, 0.5) is 4.39 Å². The van der Waals surface area contributed by atoms with Crippen LogP contribution in [0.25, 0.3) is 0 Å². The molecule has 9 heteroatoms. The highest BCUT2D eigenvalue weighted by Crippen LogP contribution is 2.28. The Balaban J connectivity index is 2.18. The van der Waals surface area contributed by atoms with E-state index in [0.29, 0.717) is 26.0 Å². The van der Waals surface area contributed by atoms with E-state index in [1.165, 1.54) is 24.1 Å². The van der Waals surface area contributed by atoms with Crippen molar-refractivity contribution in [3.8, 4) is 0 Å². The third-order valence-electron chi connectivity index (χ3n) is 3.99. The first kappa shape index (κ1) is 19.1. The maximum Gasteiger partial charge on any atom is 0.253 e. The Hall–Kier alpha value is -1.22. The molecule has 0 aromatic heterocycles. The minimum atomic E-state index is -3.44. The van der Waals surface area contributed by atoms with E-state index in [-0.39, 0.29) is 23.0 Å². The molecular weight excluding hydrogens is 359 g/mol. The van der Waals surface area contributed by atoms with E-state index in [0.717, 1.165) is 12.3 Å². The first-order chi connectivity index (χ1) is 11.2. The third-order valence-corrected chi connectivity index (χ3v) is 5.09. The Labute approximate surface area is 146 Å². The van der Waals surface area contributed by atoms with Crippen LogP contribution in [-0.2, 0) is 14.8 Å². The number of hydrogen-bond donors (Lipinski definition) is 1. The molecular formula is C15H20ClFN2O4S. The van der Waals surface area contributed by atoms with E-state index < -0.39 is 21.4 Å². The molecule has 1 unspecified atom stereocenters. The molecule has 1 N–H and O–H groups in total. The van der Waals surface area contributed by atoms with Crippen molar-refractivity contribution < 1.29 is 22.3 Å². The van der Waals surface area contributed by atoms with Crippen molar-refractivity contribution in [3.05, 3.63) is 34.6 Å². The molecule has 0 radical (unpaired) electrons. The Morgan fingerprint density at radius 2 is 2.21 bits per heavy atom. The maximum atomic E-state index is 13.2. The number of benzene rings is 1. The second-order valence-electron chi connectivity index (χ2n) is 6.00. The fourth-order valence-electron chi connectivity index (χ4n) is 2.89. The highest BCUT2D eigenvalue weighted by Gasteiger charge is 2.41. The molecule has 0 bridgehead atoms. The van der Waals surface area contributed by atoms with Gasteiger partial charge in [-0.15, -0.1) is 0 Å². The highest BCUT2D eigenvalue weighted by molar-refractivity contribution is 7.88. The standard InChI is InChI=1S/C15H20ClFN2O4S/c1-23-8-6-15(18-24(2,21)22)5-7-19(10-15)14(20)11-3-4-13(17)12(16)9-11/h3-4,9,18H,5-8,10H2,1-2H3. The van der Waals surface area contributed by atoms with Gasteiger partial charge in [0, 0.05) is 32.4 Å². The number of methoxy groups -OCH3 is 1. The lowest BCUT2D eigenvalue weighted by atomic mass is 9.96. The molecule has 0 aliphatic carbocycles. The number of nitrogens with one attached hydrogen (secondary N) is 1. The van der Waals surface area contributed by atoms with Crippen molar-refractivity contribution in [2.45, 2.75) is 18.4 Å². The number of nitrogens with zero attached hydrogens (tertiary/aromatic N) is 1. The fraction of sp³-hybridized carbons (Fsp3) is 0.533. The molecule has 0 saturated carbocycles. The molecule has 1 aliphatic heterocycles. The summed E-state index contributed by atoms with van der Waals surface area (Å²) < 4.78 is 44.3.